The fraction of sp³-hybridized carbons (Fsp3) is 0.143. The highest BCUT2D eigenvalue weighted by molar-refractivity contribution is 7.20. The number of halogens is 3. The number of benzene rings is 1. The van der Waals surface area contributed by atoms with Crippen LogP contribution in [0.1, 0.15) is 20.7 Å². The molecule has 0 aliphatic rings. The van der Waals surface area contributed by atoms with Crippen molar-refractivity contribution < 1.29 is 9.59 Å². The van der Waals surface area contributed by atoms with Crippen LogP contribution >= 0.6 is 46.1 Å². The van der Waals surface area contributed by atoms with Crippen molar-refractivity contribution in [2.45, 2.75) is 0 Å². The summed E-state index contributed by atoms with van der Waals surface area (Å²) in [5.41, 5.74) is 0.837. The van der Waals surface area contributed by atoms with E-state index >= 15 is 0 Å². The molecule has 0 radical (unpaired) electrons. The van der Waals surface area contributed by atoms with Crippen molar-refractivity contribution >= 4 is 58.0 Å². The van der Waals surface area contributed by atoms with E-state index in [4.69, 9.17) is 34.8 Å². The smallest absolute Gasteiger partial charge is 0.253 e. The minimum absolute atomic E-state index is 0.234. The number of carbonyl (C=O) groups excluding carboxylic acids is 2. The molecule has 0 fully saturated rings. The van der Waals surface area contributed by atoms with Crippen LogP contribution in [0.15, 0.2) is 30.3 Å². The molecule has 0 bridgehead atoms. The molecule has 116 valence electrons. The zero-order chi connectivity index (χ0) is 16.1. The van der Waals surface area contributed by atoms with Gasteiger partial charge in [0.2, 0.25) is 0 Å². The molecule has 22 heavy (non-hydrogen) atoms. The second-order valence-corrected chi connectivity index (χ2v) is 6.98. The number of thiophene rings is 1. The van der Waals surface area contributed by atoms with Gasteiger partial charge in [0.1, 0.15) is 4.34 Å². The van der Waals surface area contributed by atoms with Crippen molar-refractivity contribution in [1.29, 1.82) is 0 Å². The summed E-state index contributed by atoms with van der Waals surface area (Å²) in [4.78, 5) is 23.7. The highest BCUT2D eigenvalue weighted by Crippen LogP contribution is 2.30. The number of rotatable bonds is 5. The Bertz CT molecular complexity index is 686. The number of carbonyl (C=O) groups is 2. The average Bonchev–Trinajstić information content (AvgIpc) is 2.82. The van der Waals surface area contributed by atoms with Gasteiger partial charge >= 0.3 is 0 Å². The van der Waals surface area contributed by atoms with Gasteiger partial charge in [0.15, 0.2) is 0 Å². The summed E-state index contributed by atoms with van der Waals surface area (Å²) < 4.78 is 0.791. The first kappa shape index (κ1) is 17.1. The van der Waals surface area contributed by atoms with Gasteiger partial charge in [0.25, 0.3) is 11.8 Å². The van der Waals surface area contributed by atoms with Crippen LogP contribution in [-0.4, -0.2) is 24.9 Å². The summed E-state index contributed by atoms with van der Waals surface area (Å²) >= 11 is 18.5. The minimum Gasteiger partial charge on any atom is -0.350 e. The molecular weight excluding hydrogens is 367 g/mol. The molecule has 4 nitrogen and oxygen atoms in total. The molecule has 0 aliphatic carbocycles. The van der Waals surface area contributed by atoms with E-state index in [0.29, 0.717) is 31.4 Å². The molecule has 0 spiro atoms. The van der Waals surface area contributed by atoms with Crippen molar-refractivity contribution in [2.75, 3.05) is 13.1 Å². The quantitative estimate of drug-likeness (QED) is 0.777. The Morgan fingerprint density at radius 1 is 0.955 bits per heavy atom. The summed E-state index contributed by atoms with van der Waals surface area (Å²) in [6.45, 7) is 0.574. The number of nitrogens with one attached hydrogen (secondary N) is 2. The van der Waals surface area contributed by atoms with Crippen molar-refractivity contribution in [3.63, 3.8) is 0 Å². The van der Waals surface area contributed by atoms with Crippen LogP contribution in [0.5, 0.6) is 0 Å². The van der Waals surface area contributed by atoms with Gasteiger partial charge < -0.3 is 10.6 Å². The zero-order valence-corrected chi connectivity index (χ0v) is 14.2. The number of amides is 2. The molecule has 1 aromatic carbocycles. The normalized spacial score (nSPS) is 10.3. The Hall–Kier alpha value is -1.27. The van der Waals surface area contributed by atoms with Gasteiger partial charge in [0.05, 0.1) is 9.90 Å². The van der Waals surface area contributed by atoms with Gasteiger partial charge in [-0.15, -0.1) is 11.3 Å². The fourth-order valence-corrected chi connectivity index (χ4v) is 3.23. The Kier molecular flexibility index (Phi) is 6.08. The summed E-state index contributed by atoms with van der Waals surface area (Å²) in [6, 6.07) is 8.05. The highest BCUT2D eigenvalue weighted by atomic mass is 35.5. The first-order valence-corrected chi connectivity index (χ1v) is 8.19. The Morgan fingerprint density at radius 3 is 2.09 bits per heavy atom. The monoisotopic (exact) mass is 376 g/mol. The molecular formula is C14H11Cl3N2O2S. The van der Waals surface area contributed by atoms with Crippen molar-refractivity contribution in [3.8, 4) is 0 Å². The molecule has 1 heterocycles. The summed E-state index contributed by atoms with van der Waals surface area (Å²) in [5.74, 6) is -0.559. The SMILES string of the molecule is O=C(NCCNC(=O)c1cc(Cl)sc1Cl)c1ccc(Cl)cc1. The van der Waals surface area contributed by atoms with Gasteiger partial charge in [-0.1, -0.05) is 34.8 Å². The second-order valence-electron chi connectivity index (χ2n) is 4.26. The molecule has 2 N–H and O–H groups in total. The summed E-state index contributed by atoms with van der Waals surface area (Å²) in [7, 11) is 0. The molecule has 0 atom stereocenters. The maximum atomic E-state index is 11.9. The third kappa shape index (κ3) is 4.61. The first-order chi connectivity index (χ1) is 10.5. The third-order valence-electron chi connectivity index (χ3n) is 2.70. The topological polar surface area (TPSA) is 58.2 Å². The lowest BCUT2D eigenvalue weighted by molar-refractivity contribution is 0.0928. The standard InChI is InChI=1S/C14H11Cl3N2O2S/c15-9-3-1-8(2-4-9)13(20)18-5-6-19-14(21)10-7-11(16)22-12(10)17/h1-4,7H,5-6H2,(H,18,20)(H,19,21). The molecule has 2 rings (SSSR count). The maximum Gasteiger partial charge on any atom is 0.253 e. The molecule has 0 saturated heterocycles. The molecule has 8 heteroatoms. The minimum atomic E-state index is -0.325. The average molecular weight is 378 g/mol. The van der Waals surface area contributed by atoms with Crippen LogP contribution in [0, 0.1) is 0 Å². The predicted molar refractivity (Wildman–Crippen MR) is 90.5 cm³/mol. The van der Waals surface area contributed by atoms with E-state index in [1.165, 1.54) is 6.07 Å². The first-order valence-electron chi connectivity index (χ1n) is 6.24. The lowest BCUT2D eigenvalue weighted by Crippen LogP contribution is -2.34. The molecule has 0 aliphatic heterocycles. The van der Waals surface area contributed by atoms with E-state index in [2.05, 4.69) is 10.6 Å². The molecule has 2 aromatic rings. The van der Waals surface area contributed by atoms with Gasteiger partial charge in [-0.2, -0.15) is 0 Å². The predicted octanol–water partition coefficient (Wildman–Crippen LogP) is 3.87. The third-order valence-corrected chi connectivity index (χ3v) is 4.44. The molecule has 2 amide bonds. The summed E-state index contributed by atoms with van der Waals surface area (Å²) in [5, 5.41) is 5.91. The van der Waals surface area contributed by atoms with E-state index < -0.39 is 0 Å². The number of hydrogen-bond acceptors (Lipinski definition) is 3. The Morgan fingerprint density at radius 2 is 1.55 bits per heavy atom. The Balaban J connectivity index is 1.77. The van der Waals surface area contributed by atoms with Gasteiger partial charge in [-0.3, -0.25) is 9.59 Å². The van der Waals surface area contributed by atoms with Crippen LogP contribution in [-0.2, 0) is 0 Å². The van der Waals surface area contributed by atoms with Crippen LogP contribution in [0.4, 0.5) is 0 Å². The van der Waals surface area contributed by atoms with Gasteiger partial charge in [-0.25, -0.2) is 0 Å². The fourth-order valence-electron chi connectivity index (χ4n) is 1.65. The van der Waals surface area contributed by atoms with Crippen LogP contribution in [0.3, 0.4) is 0 Å². The molecule has 1 aromatic heterocycles. The van der Waals surface area contributed by atoms with Crippen molar-refractivity contribution in [1.82, 2.24) is 10.6 Å². The van der Waals surface area contributed by atoms with Crippen LogP contribution in [0.2, 0.25) is 13.7 Å². The lowest BCUT2D eigenvalue weighted by atomic mass is 10.2. The molecule has 0 saturated carbocycles. The summed E-state index contributed by atoms with van der Waals surface area (Å²) in [6.07, 6.45) is 0. The highest BCUT2D eigenvalue weighted by Gasteiger charge is 2.13. The van der Waals surface area contributed by atoms with Gasteiger partial charge in [0, 0.05) is 23.7 Å². The van der Waals surface area contributed by atoms with E-state index in [1.54, 1.807) is 24.3 Å². The van der Waals surface area contributed by atoms with Crippen LogP contribution < -0.4 is 10.6 Å². The van der Waals surface area contributed by atoms with Gasteiger partial charge in [-0.05, 0) is 30.3 Å². The van der Waals surface area contributed by atoms with E-state index in [0.717, 1.165) is 11.3 Å². The van der Waals surface area contributed by atoms with E-state index in [1.807, 2.05) is 0 Å². The lowest BCUT2D eigenvalue weighted by Gasteiger charge is -2.07. The largest absolute Gasteiger partial charge is 0.350 e. The maximum absolute atomic E-state index is 11.9. The van der Waals surface area contributed by atoms with E-state index in [9.17, 15) is 9.59 Å². The van der Waals surface area contributed by atoms with Crippen molar-refractivity contribution in [2.24, 2.45) is 0 Å². The number of hydrogen-bond donors (Lipinski definition) is 2. The van der Waals surface area contributed by atoms with Crippen molar-refractivity contribution in [3.05, 3.63) is 55.2 Å². The Labute approximate surface area is 146 Å². The molecule has 0 unspecified atom stereocenters. The zero-order valence-electron chi connectivity index (χ0n) is 11.2. The van der Waals surface area contributed by atoms with Crippen LogP contribution in [0.25, 0.3) is 0 Å². The second kappa shape index (κ2) is 7.83. The van der Waals surface area contributed by atoms with E-state index in [-0.39, 0.29) is 18.4 Å².